The summed E-state index contributed by atoms with van der Waals surface area (Å²) in [5.41, 5.74) is 3.53. The van der Waals surface area contributed by atoms with E-state index in [1.54, 1.807) is 0 Å². The van der Waals surface area contributed by atoms with Gasteiger partial charge in [0, 0.05) is 37.9 Å². The number of aryl methyl sites for hydroxylation is 1. The number of piperazine rings is 1. The lowest BCUT2D eigenvalue weighted by atomic mass is 10.1. The van der Waals surface area contributed by atoms with E-state index in [0.717, 1.165) is 49.8 Å². The van der Waals surface area contributed by atoms with E-state index in [0.29, 0.717) is 0 Å². The molecule has 2 heterocycles. The highest BCUT2D eigenvalue weighted by molar-refractivity contribution is 5.63. The highest BCUT2D eigenvalue weighted by atomic mass is 15.3. The lowest BCUT2D eigenvalue weighted by Crippen LogP contribution is -2.44. The van der Waals surface area contributed by atoms with Crippen LogP contribution in [-0.4, -0.2) is 48.3 Å². The van der Waals surface area contributed by atoms with Crippen molar-refractivity contribution in [3.8, 4) is 0 Å². The zero-order chi connectivity index (χ0) is 15.4. The van der Waals surface area contributed by atoms with Crippen LogP contribution in [0.4, 0.5) is 17.2 Å². The Morgan fingerprint density at radius 1 is 1.14 bits per heavy atom. The summed E-state index contributed by atoms with van der Waals surface area (Å²) in [7, 11) is 2.16. The monoisotopic (exact) mass is 297 g/mol. The third-order valence-electron chi connectivity index (χ3n) is 4.17. The predicted molar refractivity (Wildman–Crippen MR) is 90.8 cm³/mol. The van der Waals surface area contributed by atoms with Gasteiger partial charge in [-0.2, -0.15) is 5.10 Å². The summed E-state index contributed by atoms with van der Waals surface area (Å²) in [6.07, 6.45) is 2.84. The molecule has 22 heavy (non-hydrogen) atoms. The van der Waals surface area contributed by atoms with Crippen molar-refractivity contribution in [2.24, 2.45) is 0 Å². The molecule has 1 aliphatic heterocycles. The molecular weight excluding hydrogens is 274 g/mol. The Balaban J connectivity index is 1.76. The third kappa shape index (κ3) is 3.36. The first-order valence-electron chi connectivity index (χ1n) is 7.87. The van der Waals surface area contributed by atoms with Gasteiger partial charge in [-0.05, 0) is 25.1 Å². The van der Waals surface area contributed by atoms with E-state index in [1.165, 1.54) is 5.56 Å². The van der Waals surface area contributed by atoms with Crippen LogP contribution in [0.5, 0.6) is 0 Å². The van der Waals surface area contributed by atoms with Gasteiger partial charge in [0.15, 0.2) is 5.82 Å². The molecule has 3 rings (SSSR count). The molecule has 116 valence electrons. The number of para-hydroxylation sites is 1. The van der Waals surface area contributed by atoms with E-state index in [9.17, 15) is 0 Å². The Kier molecular flexibility index (Phi) is 4.53. The van der Waals surface area contributed by atoms with Crippen LogP contribution in [0.2, 0.25) is 0 Å². The first-order chi connectivity index (χ1) is 10.8. The number of hydrogen-bond acceptors (Lipinski definition) is 5. The van der Waals surface area contributed by atoms with E-state index in [4.69, 9.17) is 0 Å². The van der Waals surface area contributed by atoms with Gasteiger partial charge in [0.1, 0.15) is 0 Å². The van der Waals surface area contributed by atoms with Crippen molar-refractivity contribution in [2.75, 3.05) is 43.4 Å². The summed E-state index contributed by atoms with van der Waals surface area (Å²) >= 11 is 0. The summed E-state index contributed by atoms with van der Waals surface area (Å²) in [4.78, 5) is 4.72. The molecule has 0 atom stereocenters. The van der Waals surface area contributed by atoms with Gasteiger partial charge in [-0.15, -0.1) is 5.10 Å². The highest BCUT2D eigenvalue weighted by Crippen LogP contribution is 2.23. The minimum atomic E-state index is 0.803. The number of benzene rings is 1. The van der Waals surface area contributed by atoms with Crippen molar-refractivity contribution in [1.29, 1.82) is 0 Å². The Morgan fingerprint density at radius 3 is 2.68 bits per heavy atom. The molecule has 0 spiro atoms. The Bertz CT molecular complexity index is 620. The van der Waals surface area contributed by atoms with Crippen LogP contribution >= 0.6 is 0 Å². The van der Waals surface area contributed by atoms with Gasteiger partial charge in [0.25, 0.3) is 0 Å². The average Bonchev–Trinajstić information content (AvgIpc) is 2.56. The zero-order valence-electron chi connectivity index (χ0n) is 13.3. The summed E-state index contributed by atoms with van der Waals surface area (Å²) in [5.74, 6) is 0.803. The van der Waals surface area contributed by atoms with E-state index < -0.39 is 0 Å². The summed E-state index contributed by atoms with van der Waals surface area (Å²) in [5, 5.41) is 11.8. The fourth-order valence-corrected chi connectivity index (χ4v) is 2.74. The van der Waals surface area contributed by atoms with E-state index in [1.807, 2.05) is 12.3 Å². The van der Waals surface area contributed by atoms with Crippen LogP contribution in [0.15, 0.2) is 36.5 Å². The van der Waals surface area contributed by atoms with Crippen molar-refractivity contribution in [3.05, 3.63) is 42.1 Å². The molecule has 1 N–H and O–H groups in total. The number of anilines is 3. The first kappa shape index (κ1) is 14.8. The number of nitrogens with one attached hydrogen (secondary N) is 1. The van der Waals surface area contributed by atoms with Crippen molar-refractivity contribution in [2.45, 2.75) is 13.3 Å². The van der Waals surface area contributed by atoms with Crippen molar-refractivity contribution < 1.29 is 0 Å². The van der Waals surface area contributed by atoms with Crippen LogP contribution < -0.4 is 10.2 Å². The molecule has 1 saturated heterocycles. The van der Waals surface area contributed by atoms with Crippen LogP contribution in [0.3, 0.4) is 0 Å². The minimum Gasteiger partial charge on any atom is -0.368 e. The molecule has 1 aromatic heterocycles. The number of likely N-dealkylation sites (N-methyl/N-ethyl adjacent to an activating group) is 1. The number of aromatic nitrogens is 2. The molecule has 2 aromatic rings. The molecule has 5 heteroatoms. The maximum absolute atomic E-state index is 4.22. The Hall–Kier alpha value is -2.14. The summed E-state index contributed by atoms with van der Waals surface area (Å²) in [6.45, 7) is 6.40. The fourth-order valence-electron chi connectivity index (χ4n) is 2.74. The summed E-state index contributed by atoms with van der Waals surface area (Å²) in [6, 6.07) is 10.4. The van der Waals surface area contributed by atoms with Gasteiger partial charge in [-0.1, -0.05) is 25.1 Å². The molecule has 5 nitrogen and oxygen atoms in total. The highest BCUT2D eigenvalue weighted by Gasteiger charge is 2.15. The van der Waals surface area contributed by atoms with Crippen molar-refractivity contribution in [1.82, 2.24) is 15.1 Å². The lowest BCUT2D eigenvalue weighted by Gasteiger charge is -2.33. The molecule has 1 aromatic carbocycles. The van der Waals surface area contributed by atoms with Gasteiger partial charge in [0.2, 0.25) is 0 Å². The van der Waals surface area contributed by atoms with Crippen LogP contribution in [0.25, 0.3) is 0 Å². The molecular formula is C17H23N5. The quantitative estimate of drug-likeness (QED) is 0.939. The molecule has 0 saturated carbocycles. The lowest BCUT2D eigenvalue weighted by molar-refractivity contribution is 0.313. The predicted octanol–water partition coefficient (Wildman–Crippen LogP) is 2.53. The average molecular weight is 297 g/mol. The number of hydrogen-bond donors (Lipinski definition) is 1. The smallest absolute Gasteiger partial charge is 0.155 e. The molecule has 0 radical (unpaired) electrons. The van der Waals surface area contributed by atoms with E-state index >= 15 is 0 Å². The standard InChI is InChI=1S/C17H23N5/c1-3-14-6-4-5-7-16(14)19-17-12-15(13-18-20-17)22-10-8-21(2)9-11-22/h4-7,12-13H,3,8-11H2,1-2H3,(H,19,20). The van der Waals surface area contributed by atoms with Crippen LogP contribution in [0.1, 0.15) is 12.5 Å². The molecule has 0 unspecified atom stereocenters. The maximum Gasteiger partial charge on any atom is 0.155 e. The van der Waals surface area contributed by atoms with E-state index in [2.05, 4.69) is 63.6 Å². The maximum atomic E-state index is 4.22. The first-order valence-corrected chi connectivity index (χ1v) is 7.87. The van der Waals surface area contributed by atoms with Crippen molar-refractivity contribution in [3.63, 3.8) is 0 Å². The largest absolute Gasteiger partial charge is 0.368 e. The molecule has 1 fully saturated rings. The normalized spacial score (nSPS) is 15.8. The van der Waals surface area contributed by atoms with Gasteiger partial charge in [-0.3, -0.25) is 0 Å². The second kappa shape index (κ2) is 6.75. The second-order valence-electron chi connectivity index (χ2n) is 5.73. The molecule has 0 aliphatic carbocycles. The molecule has 0 bridgehead atoms. The third-order valence-corrected chi connectivity index (χ3v) is 4.17. The van der Waals surface area contributed by atoms with Crippen LogP contribution in [-0.2, 0) is 6.42 Å². The van der Waals surface area contributed by atoms with Crippen molar-refractivity contribution >= 4 is 17.2 Å². The van der Waals surface area contributed by atoms with Crippen LogP contribution in [0, 0.1) is 0 Å². The fraction of sp³-hybridized carbons (Fsp3) is 0.412. The molecule has 0 amide bonds. The topological polar surface area (TPSA) is 44.3 Å². The van der Waals surface area contributed by atoms with Gasteiger partial charge < -0.3 is 15.1 Å². The Labute approximate surface area is 132 Å². The number of nitrogens with zero attached hydrogens (tertiary/aromatic N) is 4. The van der Waals surface area contributed by atoms with Gasteiger partial charge in [-0.25, -0.2) is 0 Å². The Morgan fingerprint density at radius 2 is 1.91 bits per heavy atom. The molecule has 1 aliphatic rings. The second-order valence-corrected chi connectivity index (χ2v) is 5.73. The number of rotatable bonds is 4. The SMILES string of the molecule is CCc1ccccc1Nc1cc(N2CCN(C)CC2)cnn1. The van der Waals surface area contributed by atoms with Gasteiger partial charge in [0.05, 0.1) is 11.9 Å². The minimum absolute atomic E-state index is 0.803. The zero-order valence-corrected chi connectivity index (χ0v) is 13.3. The van der Waals surface area contributed by atoms with E-state index in [-0.39, 0.29) is 0 Å². The van der Waals surface area contributed by atoms with Gasteiger partial charge >= 0.3 is 0 Å². The summed E-state index contributed by atoms with van der Waals surface area (Å²) < 4.78 is 0.